The van der Waals surface area contributed by atoms with Crippen LogP contribution in [0.5, 0.6) is 0 Å². The number of hydrogen-bond donors (Lipinski definition) is 1. The molecule has 0 aromatic heterocycles. The van der Waals surface area contributed by atoms with Crippen molar-refractivity contribution >= 4 is 17.5 Å². The van der Waals surface area contributed by atoms with Crippen molar-refractivity contribution in [1.29, 1.82) is 5.26 Å². The molecule has 1 saturated heterocycles. The Morgan fingerprint density at radius 2 is 1.91 bits per heavy atom. The van der Waals surface area contributed by atoms with E-state index in [1.165, 1.54) is 0 Å². The summed E-state index contributed by atoms with van der Waals surface area (Å²) in [5.74, 6) is -0.265. The monoisotopic (exact) mass is 297 g/mol. The van der Waals surface area contributed by atoms with Gasteiger partial charge in [-0.2, -0.15) is 5.26 Å². The Hall–Kier alpha value is -2.35. The Morgan fingerprint density at radius 3 is 2.55 bits per heavy atom. The molecule has 2 fully saturated rings. The lowest BCUT2D eigenvalue weighted by atomic mass is 10.0. The lowest BCUT2D eigenvalue weighted by Gasteiger charge is -2.30. The van der Waals surface area contributed by atoms with E-state index >= 15 is 0 Å². The van der Waals surface area contributed by atoms with Crippen LogP contribution in [0.1, 0.15) is 37.7 Å². The predicted molar refractivity (Wildman–Crippen MR) is 81.9 cm³/mol. The van der Waals surface area contributed by atoms with Gasteiger partial charge in [-0.3, -0.25) is 9.59 Å². The molecule has 5 nitrogen and oxygen atoms in total. The van der Waals surface area contributed by atoms with Crippen LogP contribution in [0.3, 0.4) is 0 Å². The highest BCUT2D eigenvalue weighted by atomic mass is 16.2. The topological polar surface area (TPSA) is 73.2 Å². The molecule has 22 heavy (non-hydrogen) atoms. The lowest BCUT2D eigenvalue weighted by molar-refractivity contribution is -0.143. The summed E-state index contributed by atoms with van der Waals surface area (Å²) in [5.41, 5.74) is 0.187. The average molecular weight is 297 g/mol. The minimum atomic E-state index is -0.875. The van der Waals surface area contributed by atoms with E-state index in [0.29, 0.717) is 24.1 Å². The third kappa shape index (κ3) is 2.69. The van der Waals surface area contributed by atoms with Crippen molar-refractivity contribution in [3.05, 3.63) is 29.8 Å². The van der Waals surface area contributed by atoms with E-state index in [-0.39, 0.29) is 11.8 Å². The molecule has 1 aromatic rings. The number of piperidine rings is 1. The predicted octanol–water partition coefficient (Wildman–Crippen LogP) is 2.29. The molecule has 2 amide bonds. The molecular formula is C17H19N3O2. The second-order valence-electron chi connectivity index (χ2n) is 6.08. The summed E-state index contributed by atoms with van der Waals surface area (Å²) in [6.45, 7) is 1.52. The van der Waals surface area contributed by atoms with Gasteiger partial charge in [-0.15, -0.1) is 0 Å². The van der Waals surface area contributed by atoms with Gasteiger partial charge in [-0.1, -0.05) is 6.07 Å². The summed E-state index contributed by atoms with van der Waals surface area (Å²) in [4.78, 5) is 27.0. The van der Waals surface area contributed by atoms with Crippen LogP contribution in [0.25, 0.3) is 0 Å². The highest BCUT2D eigenvalue weighted by Crippen LogP contribution is 2.48. The van der Waals surface area contributed by atoms with E-state index in [2.05, 4.69) is 5.32 Å². The van der Waals surface area contributed by atoms with Gasteiger partial charge in [0.2, 0.25) is 11.8 Å². The second-order valence-corrected chi connectivity index (χ2v) is 6.08. The first-order valence-corrected chi connectivity index (χ1v) is 7.77. The zero-order valence-electron chi connectivity index (χ0n) is 12.5. The van der Waals surface area contributed by atoms with Gasteiger partial charge in [-0.25, -0.2) is 0 Å². The van der Waals surface area contributed by atoms with Crippen LogP contribution in [-0.2, 0) is 9.59 Å². The molecule has 1 aliphatic heterocycles. The molecule has 2 aliphatic rings. The van der Waals surface area contributed by atoms with Crippen molar-refractivity contribution in [2.24, 2.45) is 5.41 Å². The first-order chi connectivity index (χ1) is 10.7. The Labute approximate surface area is 129 Å². The molecule has 0 atom stereocenters. The molecule has 5 heteroatoms. The quantitative estimate of drug-likeness (QED) is 0.870. The Bertz CT molecular complexity index is 638. The lowest BCUT2D eigenvalue weighted by Crippen LogP contribution is -2.45. The van der Waals surface area contributed by atoms with Crippen LogP contribution in [0.4, 0.5) is 5.69 Å². The number of rotatable bonds is 3. The molecule has 0 bridgehead atoms. The summed E-state index contributed by atoms with van der Waals surface area (Å²) in [6.07, 6.45) is 4.43. The standard InChI is InChI=1S/C17H19N3O2/c18-12-13-5-4-6-14(11-13)19-15(21)17(7-8-17)16(22)20-9-2-1-3-10-20/h4-6,11H,1-3,7-10H2,(H,19,21). The van der Waals surface area contributed by atoms with E-state index in [4.69, 9.17) is 5.26 Å². The second kappa shape index (κ2) is 5.80. The maximum atomic E-state index is 12.6. The number of hydrogen-bond acceptors (Lipinski definition) is 3. The number of carbonyl (C=O) groups excluding carboxylic acids is 2. The van der Waals surface area contributed by atoms with Gasteiger partial charge in [-0.05, 0) is 50.3 Å². The number of likely N-dealkylation sites (tertiary alicyclic amines) is 1. The van der Waals surface area contributed by atoms with Crippen molar-refractivity contribution in [3.8, 4) is 6.07 Å². The molecule has 1 heterocycles. The van der Waals surface area contributed by atoms with Crippen LogP contribution >= 0.6 is 0 Å². The fraction of sp³-hybridized carbons (Fsp3) is 0.471. The fourth-order valence-corrected chi connectivity index (χ4v) is 2.98. The molecule has 1 N–H and O–H groups in total. The molecule has 114 valence electrons. The largest absolute Gasteiger partial charge is 0.342 e. The maximum Gasteiger partial charge on any atom is 0.240 e. The smallest absolute Gasteiger partial charge is 0.240 e. The normalized spacial score (nSPS) is 19.1. The van der Waals surface area contributed by atoms with Gasteiger partial charge < -0.3 is 10.2 Å². The third-order valence-corrected chi connectivity index (χ3v) is 4.49. The summed E-state index contributed by atoms with van der Waals surface area (Å²) in [7, 11) is 0. The summed E-state index contributed by atoms with van der Waals surface area (Å²) < 4.78 is 0. The number of anilines is 1. The molecule has 0 spiro atoms. The van der Waals surface area contributed by atoms with Crippen molar-refractivity contribution in [2.75, 3.05) is 18.4 Å². The number of nitrogens with zero attached hydrogens (tertiary/aromatic N) is 2. The van der Waals surface area contributed by atoms with Crippen LogP contribution in [0.15, 0.2) is 24.3 Å². The molecule has 3 rings (SSSR count). The first kappa shape index (κ1) is 14.6. The van der Waals surface area contributed by atoms with Gasteiger partial charge in [0.1, 0.15) is 5.41 Å². The Balaban J connectivity index is 1.71. The molecular weight excluding hydrogens is 278 g/mol. The SMILES string of the molecule is N#Cc1cccc(NC(=O)C2(C(=O)N3CCCCC3)CC2)c1. The first-order valence-electron chi connectivity index (χ1n) is 7.77. The average Bonchev–Trinajstić information content (AvgIpc) is 3.37. The highest BCUT2D eigenvalue weighted by molar-refractivity contribution is 6.13. The van der Waals surface area contributed by atoms with E-state index in [9.17, 15) is 9.59 Å². The van der Waals surface area contributed by atoms with Gasteiger partial charge in [0.15, 0.2) is 0 Å². The number of carbonyl (C=O) groups is 2. The molecule has 1 saturated carbocycles. The van der Waals surface area contributed by atoms with E-state index < -0.39 is 5.41 Å². The van der Waals surface area contributed by atoms with Crippen molar-refractivity contribution in [2.45, 2.75) is 32.1 Å². The number of amides is 2. The minimum Gasteiger partial charge on any atom is -0.342 e. The number of nitriles is 1. The van der Waals surface area contributed by atoms with Crippen molar-refractivity contribution in [1.82, 2.24) is 4.90 Å². The molecule has 1 aliphatic carbocycles. The molecule has 1 aromatic carbocycles. The minimum absolute atomic E-state index is 0.0267. The number of benzene rings is 1. The van der Waals surface area contributed by atoms with E-state index in [1.54, 1.807) is 24.3 Å². The zero-order chi connectivity index (χ0) is 15.6. The van der Waals surface area contributed by atoms with Crippen LogP contribution in [0, 0.1) is 16.7 Å². The van der Waals surface area contributed by atoms with Gasteiger partial charge in [0, 0.05) is 18.8 Å². The number of nitrogens with one attached hydrogen (secondary N) is 1. The van der Waals surface area contributed by atoms with Crippen molar-refractivity contribution < 1.29 is 9.59 Å². The highest BCUT2D eigenvalue weighted by Gasteiger charge is 2.58. The van der Waals surface area contributed by atoms with Gasteiger partial charge in [0.05, 0.1) is 11.6 Å². The van der Waals surface area contributed by atoms with Crippen molar-refractivity contribution in [3.63, 3.8) is 0 Å². The van der Waals surface area contributed by atoms with Crippen LogP contribution in [0.2, 0.25) is 0 Å². The zero-order valence-corrected chi connectivity index (χ0v) is 12.5. The van der Waals surface area contributed by atoms with Gasteiger partial charge >= 0.3 is 0 Å². The summed E-state index contributed by atoms with van der Waals surface area (Å²) in [6, 6.07) is 8.81. The van der Waals surface area contributed by atoms with Gasteiger partial charge in [0.25, 0.3) is 0 Å². The Morgan fingerprint density at radius 1 is 1.18 bits per heavy atom. The Kier molecular flexibility index (Phi) is 3.84. The van der Waals surface area contributed by atoms with Crippen LogP contribution in [-0.4, -0.2) is 29.8 Å². The maximum absolute atomic E-state index is 12.6. The van der Waals surface area contributed by atoms with E-state index in [0.717, 1.165) is 32.4 Å². The molecule has 0 radical (unpaired) electrons. The van der Waals surface area contributed by atoms with E-state index in [1.807, 2.05) is 11.0 Å². The fourth-order valence-electron chi connectivity index (χ4n) is 2.98. The third-order valence-electron chi connectivity index (χ3n) is 4.49. The summed E-state index contributed by atoms with van der Waals surface area (Å²) in [5, 5.41) is 11.7. The van der Waals surface area contributed by atoms with Crippen LogP contribution < -0.4 is 5.32 Å². The molecule has 0 unspecified atom stereocenters. The summed E-state index contributed by atoms with van der Waals surface area (Å²) >= 11 is 0.